The van der Waals surface area contributed by atoms with Crippen LogP contribution in [0.5, 0.6) is 0 Å². The summed E-state index contributed by atoms with van der Waals surface area (Å²) in [6.45, 7) is 4.96. The molecule has 1 saturated carbocycles. The Balaban J connectivity index is 1.82. The van der Waals surface area contributed by atoms with E-state index in [-0.39, 0.29) is 11.9 Å². The van der Waals surface area contributed by atoms with Crippen LogP contribution in [-0.2, 0) is 25.5 Å². The summed E-state index contributed by atoms with van der Waals surface area (Å²) in [5.74, 6) is -0.916. The number of carbonyl (C=O) groups is 2. The number of rotatable bonds is 10. The summed E-state index contributed by atoms with van der Waals surface area (Å²) < 4.78 is 11.1. The minimum atomic E-state index is -0.806. The van der Waals surface area contributed by atoms with E-state index in [4.69, 9.17) is 9.47 Å². The van der Waals surface area contributed by atoms with Gasteiger partial charge >= 0.3 is 11.9 Å². The van der Waals surface area contributed by atoms with Gasteiger partial charge in [-0.1, -0.05) is 69.2 Å². The van der Waals surface area contributed by atoms with Crippen LogP contribution in [0.4, 0.5) is 0 Å². The molecule has 0 bridgehead atoms. The molecular weight excluding hydrogens is 364 g/mol. The van der Waals surface area contributed by atoms with Crippen LogP contribution >= 0.6 is 0 Å². The molecule has 0 saturated heterocycles. The van der Waals surface area contributed by atoms with Crippen LogP contribution in [0.15, 0.2) is 42.5 Å². The van der Waals surface area contributed by atoms with Crippen LogP contribution < -0.4 is 0 Å². The van der Waals surface area contributed by atoms with Crippen LogP contribution in [0, 0.1) is 11.3 Å². The zero-order chi connectivity index (χ0) is 20.7. The molecule has 2 aromatic rings. The third-order valence-corrected chi connectivity index (χ3v) is 6.04. The van der Waals surface area contributed by atoms with Crippen molar-refractivity contribution in [1.82, 2.24) is 0 Å². The number of hydrogen-bond donors (Lipinski definition) is 0. The van der Waals surface area contributed by atoms with Crippen LogP contribution in [0.25, 0.3) is 10.8 Å². The summed E-state index contributed by atoms with van der Waals surface area (Å²) in [4.78, 5) is 25.8. The highest BCUT2D eigenvalue weighted by atomic mass is 16.5. The molecule has 1 aliphatic carbocycles. The Kier molecular flexibility index (Phi) is 7.29. The second-order valence-corrected chi connectivity index (χ2v) is 8.12. The van der Waals surface area contributed by atoms with Gasteiger partial charge in [0.25, 0.3) is 0 Å². The smallest absolute Gasteiger partial charge is 0.313 e. The van der Waals surface area contributed by atoms with Crippen molar-refractivity contribution < 1.29 is 19.1 Å². The van der Waals surface area contributed by atoms with E-state index in [2.05, 4.69) is 44.2 Å². The summed E-state index contributed by atoms with van der Waals surface area (Å²) in [7, 11) is 0. The van der Waals surface area contributed by atoms with Gasteiger partial charge in [-0.25, -0.2) is 0 Å². The lowest BCUT2D eigenvalue weighted by Crippen LogP contribution is -2.53. The highest BCUT2D eigenvalue weighted by Gasteiger charge is 2.57. The minimum Gasteiger partial charge on any atom is -0.465 e. The van der Waals surface area contributed by atoms with Gasteiger partial charge in [-0.15, -0.1) is 0 Å². The number of ether oxygens (including phenoxy) is 2. The summed E-state index contributed by atoms with van der Waals surface area (Å²) in [6, 6.07) is 14.4. The van der Waals surface area contributed by atoms with Gasteiger partial charge < -0.3 is 9.47 Å². The van der Waals surface area contributed by atoms with Crippen molar-refractivity contribution >= 4 is 22.7 Å². The molecule has 29 heavy (non-hydrogen) atoms. The molecule has 0 radical (unpaired) electrons. The molecule has 0 spiro atoms. The highest BCUT2D eigenvalue weighted by Crippen LogP contribution is 2.51. The molecule has 4 heteroatoms. The van der Waals surface area contributed by atoms with E-state index in [1.54, 1.807) is 0 Å². The van der Waals surface area contributed by atoms with E-state index >= 15 is 0 Å². The van der Waals surface area contributed by atoms with Crippen molar-refractivity contribution in [1.29, 1.82) is 0 Å². The van der Waals surface area contributed by atoms with Gasteiger partial charge in [-0.05, 0) is 48.4 Å². The quantitative estimate of drug-likeness (QED) is 0.395. The van der Waals surface area contributed by atoms with Crippen molar-refractivity contribution in [3.05, 3.63) is 48.0 Å². The normalized spacial score (nSPS) is 20.8. The lowest BCUT2D eigenvalue weighted by molar-refractivity contribution is -0.181. The number of hydrogen-bond acceptors (Lipinski definition) is 4. The molecule has 156 valence electrons. The van der Waals surface area contributed by atoms with Crippen LogP contribution in [0.2, 0.25) is 0 Å². The molecule has 1 fully saturated rings. The maximum atomic E-state index is 13.1. The lowest BCUT2D eigenvalue weighted by Gasteiger charge is -2.45. The zero-order valence-corrected chi connectivity index (χ0v) is 17.6. The Labute approximate surface area is 173 Å². The van der Waals surface area contributed by atoms with E-state index in [0.29, 0.717) is 32.5 Å². The second-order valence-electron chi connectivity index (χ2n) is 8.12. The Morgan fingerprint density at radius 3 is 2.31 bits per heavy atom. The molecule has 0 aliphatic heterocycles. The maximum absolute atomic E-state index is 13.1. The van der Waals surface area contributed by atoms with E-state index in [9.17, 15) is 9.59 Å². The van der Waals surface area contributed by atoms with Gasteiger partial charge in [0.05, 0.1) is 24.5 Å². The molecule has 2 unspecified atom stereocenters. The molecule has 0 N–H and O–H groups in total. The fraction of sp³-hybridized carbons (Fsp3) is 0.520. The first-order chi connectivity index (χ1) is 14.1. The predicted molar refractivity (Wildman–Crippen MR) is 115 cm³/mol. The van der Waals surface area contributed by atoms with Crippen LogP contribution in [0.3, 0.4) is 0 Å². The SMILES string of the molecule is CCCCOC(=O)C1CCC1(Cc1ccc2ccccc2c1)C(=O)OCCCC. The number of fused-ring (bicyclic) bond motifs is 1. The minimum absolute atomic E-state index is 0.247. The molecule has 4 nitrogen and oxygen atoms in total. The first kappa shape index (κ1) is 21.4. The van der Waals surface area contributed by atoms with Crippen molar-refractivity contribution in [3.8, 4) is 0 Å². The molecular formula is C25H32O4. The van der Waals surface area contributed by atoms with Gasteiger partial charge in [-0.2, -0.15) is 0 Å². The Morgan fingerprint density at radius 2 is 1.66 bits per heavy atom. The van der Waals surface area contributed by atoms with Crippen molar-refractivity contribution in [2.75, 3.05) is 13.2 Å². The number of esters is 2. The molecule has 0 amide bonds. The van der Waals surface area contributed by atoms with Gasteiger partial charge in [0.2, 0.25) is 0 Å². The fourth-order valence-electron chi connectivity index (χ4n) is 4.09. The van der Waals surface area contributed by atoms with Crippen LogP contribution in [0.1, 0.15) is 57.9 Å². The largest absolute Gasteiger partial charge is 0.465 e. The predicted octanol–water partition coefficient (Wildman–Crippen LogP) is 5.47. The van der Waals surface area contributed by atoms with E-state index in [0.717, 1.165) is 36.6 Å². The molecule has 2 aromatic carbocycles. The Hall–Kier alpha value is -2.36. The van der Waals surface area contributed by atoms with Crippen molar-refractivity contribution in [3.63, 3.8) is 0 Å². The Bertz CT molecular complexity index is 844. The molecule has 2 atom stereocenters. The number of benzene rings is 2. The van der Waals surface area contributed by atoms with Crippen molar-refractivity contribution in [2.45, 2.75) is 58.8 Å². The first-order valence-electron chi connectivity index (χ1n) is 10.9. The maximum Gasteiger partial charge on any atom is 0.313 e. The van der Waals surface area contributed by atoms with E-state index in [1.165, 1.54) is 5.39 Å². The third kappa shape index (κ3) is 4.80. The van der Waals surface area contributed by atoms with Gasteiger partial charge in [0, 0.05) is 0 Å². The topological polar surface area (TPSA) is 52.6 Å². The monoisotopic (exact) mass is 396 g/mol. The molecule has 3 rings (SSSR count). The summed E-state index contributed by atoms with van der Waals surface area (Å²) in [5, 5.41) is 2.31. The first-order valence-corrected chi connectivity index (χ1v) is 10.9. The molecule has 0 heterocycles. The molecule has 0 aromatic heterocycles. The number of carbonyl (C=O) groups excluding carboxylic acids is 2. The van der Waals surface area contributed by atoms with Gasteiger partial charge in [0.1, 0.15) is 0 Å². The Morgan fingerprint density at radius 1 is 0.966 bits per heavy atom. The third-order valence-electron chi connectivity index (χ3n) is 6.04. The van der Waals surface area contributed by atoms with Gasteiger partial charge in [0.15, 0.2) is 0 Å². The standard InChI is InChI=1S/C25H32O4/c1-3-5-15-28-23(26)22-13-14-25(22,24(27)29-16-6-4-2)18-19-11-12-20-9-7-8-10-21(20)17-19/h7-12,17,22H,3-6,13-16,18H2,1-2H3. The average molecular weight is 397 g/mol. The highest BCUT2D eigenvalue weighted by molar-refractivity contribution is 5.88. The summed E-state index contributed by atoms with van der Waals surface area (Å²) >= 11 is 0. The van der Waals surface area contributed by atoms with Crippen molar-refractivity contribution in [2.24, 2.45) is 11.3 Å². The van der Waals surface area contributed by atoms with Gasteiger partial charge in [-0.3, -0.25) is 9.59 Å². The van der Waals surface area contributed by atoms with Crippen LogP contribution in [-0.4, -0.2) is 25.2 Å². The summed E-state index contributed by atoms with van der Waals surface area (Å²) in [6.07, 6.45) is 5.48. The zero-order valence-electron chi connectivity index (χ0n) is 17.6. The number of unbranched alkanes of at least 4 members (excludes halogenated alkanes) is 2. The van der Waals surface area contributed by atoms with E-state index < -0.39 is 11.3 Å². The lowest BCUT2D eigenvalue weighted by atomic mass is 9.57. The summed E-state index contributed by atoms with van der Waals surface area (Å²) in [5.41, 5.74) is 0.252. The second kappa shape index (κ2) is 9.91. The molecule has 1 aliphatic rings. The average Bonchev–Trinajstić information content (AvgIpc) is 2.71. The van der Waals surface area contributed by atoms with E-state index in [1.807, 2.05) is 12.1 Å². The fourth-order valence-corrected chi connectivity index (χ4v) is 4.09.